The van der Waals surface area contributed by atoms with E-state index in [1.54, 1.807) is 20.8 Å². The van der Waals surface area contributed by atoms with Crippen LogP contribution in [0.2, 0.25) is 0 Å². The smallest absolute Gasteiger partial charge is 0.410 e. The molecule has 0 saturated carbocycles. The molecule has 0 aromatic carbocycles. The van der Waals surface area contributed by atoms with Crippen molar-refractivity contribution in [1.29, 1.82) is 0 Å². The quantitative estimate of drug-likeness (QED) is 0.796. The van der Waals surface area contributed by atoms with Gasteiger partial charge in [0.2, 0.25) is 0 Å². The minimum atomic E-state index is -3.42. The SMILES string of the molecule is CC(C)(C)OC(=O)N1CC2COCC(C(=O)O)(C1)C2(F)F. The van der Waals surface area contributed by atoms with Gasteiger partial charge in [-0.2, -0.15) is 0 Å². The molecule has 0 spiro atoms. The summed E-state index contributed by atoms with van der Waals surface area (Å²) in [5, 5.41) is 9.27. The Kier molecular flexibility index (Phi) is 3.64. The van der Waals surface area contributed by atoms with Crippen molar-refractivity contribution in [2.75, 3.05) is 26.3 Å². The zero-order chi connectivity index (χ0) is 16.1. The molecule has 1 N–H and O–H groups in total. The average Bonchev–Trinajstić information content (AvgIpc) is 2.24. The lowest BCUT2D eigenvalue weighted by molar-refractivity contribution is -0.263. The molecule has 2 unspecified atom stereocenters. The Morgan fingerprint density at radius 2 is 2.00 bits per heavy atom. The summed E-state index contributed by atoms with van der Waals surface area (Å²) in [4.78, 5) is 24.5. The van der Waals surface area contributed by atoms with Crippen molar-refractivity contribution in [3.05, 3.63) is 0 Å². The fourth-order valence-corrected chi connectivity index (χ4v) is 2.68. The summed E-state index contributed by atoms with van der Waals surface area (Å²) < 4.78 is 38.9. The van der Waals surface area contributed by atoms with Gasteiger partial charge in [-0.3, -0.25) is 4.79 Å². The summed E-state index contributed by atoms with van der Waals surface area (Å²) in [6.07, 6.45) is -0.782. The third-order valence-corrected chi connectivity index (χ3v) is 3.78. The van der Waals surface area contributed by atoms with E-state index < -0.39 is 48.1 Å². The molecule has 2 aliphatic rings. The summed E-state index contributed by atoms with van der Waals surface area (Å²) in [5.74, 6) is -6.43. The summed E-state index contributed by atoms with van der Waals surface area (Å²) in [5.41, 5.74) is -3.19. The van der Waals surface area contributed by atoms with Crippen LogP contribution in [0.5, 0.6) is 0 Å². The Labute approximate surface area is 121 Å². The highest BCUT2D eigenvalue weighted by molar-refractivity contribution is 5.79. The average molecular weight is 307 g/mol. The van der Waals surface area contributed by atoms with Crippen molar-refractivity contribution < 1.29 is 33.0 Å². The Morgan fingerprint density at radius 1 is 1.38 bits per heavy atom. The van der Waals surface area contributed by atoms with Gasteiger partial charge in [0.1, 0.15) is 5.60 Å². The molecule has 2 heterocycles. The molecule has 2 fully saturated rings. The van der Waals surface area contributed by atoms with Gasteiger partial charge in [0, 0.05) is 13.1 Å². The van der Waals surface area contributed by atoms with Gasteiger partial charge in [0.25, 0.3) is 5.92 Å². The molecule has 8 heteroatoms. The predicted octanol–water partition coefficient (Wildman–Crippen LogP) is 1.59. The van der Waals surface area contributed by atoms with Gasteiger partial charge in [0.05, 0.1) is 19.1 Å². The molecular formula is C13H19F2NO5. The molecule has 0 aliphatic carbocycles. The van der Waals surface area contributed by atoms with E-state index in [2.05, 4.69) is 0 Å². The number of carboxylic acids is 1. The number of alkyl halides is 2. The Bertz CT molecular complexity index is 462. The largest absolute Gasteiger partial charge is 0.481 e. The van der Waals surface area contributed by atoms with E-state index in [1.165, 1.54) is 0 Å². The lowest BCUT2D eigenvalue weighted by Crippen LogP contribution is -2.70. The van der Waals surface area contributed by atoms with Crippen LogP contribution in [0.1, 0.15) is 20.8 Å². The standard InChI is InChI=1S/C13H19F2NO5/c1-11(2,3)21-10(19)16-4-8-5-20-7-12(6-16,9(17)18)13(8,14)15/h8H,4-7H2,1-3H3,(H,17,18). The Balaban J connectivity index is 2.28. The Hall–Kier alpha value is -1.44. The van der Waals surface area contributed by atoms with E-state index in [9.17, 15) is 23.5 Å². The highest BCUT2D eigenvalue weighted by Crippen LogP contribution is 2.50. The molecular weight excluding hydrogens is 288 g/mol. The minimum Gasteiger partial charge on any atom is -0.481 e. The van der Waals surface area contributed by atoms with E-state index >= 15 is 0 Å². The molecule has 0 radical (unpaired) electrons. The van der Waals surface area contributed by atoms with Crippen LogP contribution < -0.4 is 0 Å². The lowest BCUT2D eigenvalue weighted by Gasteiger charge is -2.51. The monoisotopic (exact) mass is 307 g/mol. The first-order valence-corrected chi connectivity index (χ1v) is 6.66. The number of aliphatic carboxylic acids is 1. The number of piperidine rings is 1. The highest BCUT2D eigenvalue weighted by atomic mass is 19.3. The van der Waals surface area contributed by atoms with Crippen molar-refractivity contribution in [1.82, 2.24) is 4.90 Å². The predicted molar refractivity (Wildman–Crippen MR) is 67.1 cm³/mol. The van der Waals surface area contributed by atoms with Gasteiger partial charge >= 0.3 is 12.1 Å². The normalized spacial score (nSPS) is 31.7. The maximum Gasteiger partial charge on any atom is 0.410 e. The summed E-state index contributed by atoms with van der Waals surface area (Å²) >= 11 is 0. The van der Waals surface area contributed by atoms with Gasteiger partial charge < -0.3 is 19.5 Å². The van der Waals surface area contributed by atoms with E-state index in [0.717, 1.165) is 4.90 Å². The second-order valence-electron chi connectivity index (χ2n) is 6.58. The number of hydrogen-bond acceptors (Lipinski definition) is 4. The van der Waals surface area contributed by atoms with Crippen LogP contribution in [0.15, 0.2) is 0 Å². The number of halogens is 2. The zero-order valence-electron chi connectivity index (χ0n) is 12.2. The van der Waals surface area contributed by atoms with Gasteiger partial charge in [0.15, 0.2) is 5.41 Å². The fraction of sp³-hybridized carbons (Fsp3) is 0.846. The molecule has 2 saturated heterocycles. The number of carbonyl (C=O) groups excluding carboxylic acids is 1. The van der Waals surface area contributed by atoms with Crippen LogP contribution in [-0.2, 0) is 14.3 Å². The van der Waals surface area contributed by atoms with Crippen molar-refractivity contribution in [3.63, 3.8) is 0 Å². The molecule has 6 nitrogen and oxygen atoms in total. The summed E-state index contributed by atoms with van der Waals surface area (Å²) in [6, 6.07) is 0. The molecule has 2 rings (SSSR count). The van der Waals surface area contributed by atoms with Crippen LogP contribution in [-0.4, -0.2) is 59.9 Å². The molecule has 0 aromatic heterocycles. The van der Waals surface area contributed by atoms with Gasteiger partial charge in [-0.05, 0) is 20.8 Å². The first-order valence-electron chi connectivity index (χ1n) is 6.66. The van der Waals surface area contributed by atoms with Gasteiger partial charge in [-0.1, -0.05) is 0 Å². The van der Waals surface area contributed by atoms with Crippen molar-refractivity contribution in [3.8, 4) is 0 Å². The molecule has 2 atom stereocenters. The number of ether oxygens (including phenoxy) is 2. The van der Waals surface area contributed by atoms with Crippen molar-refractivity contribution in [2.24, 2.45) is 11.3 Å². The minimum absolute atomic E-state index is 0.276. The number of rotatable bonds is 1. The number of carboxylic acid groups (broad SMARTS) is 1. The van der Waals surface area contributed by atoms with E-state index in [1.807, 2.05) is 0 Å². The number of nitrogens with zero attached hydrogens (tertiary/aromatic N) is 1. The maximum absolute atomic E-state index is 14.4. The number of likely N-dealkylation sites (tertiary alicyclic amines) is 1. The molecule has 120 valence electrons. The highest BCUT2D eigenvalue weighted by Gasteiger charge is 2.69. The van der Waals surface area contributed by atoms with E-state index in [-0.39, 0.29) is 13.2 Å². The van der Waals surface area contributed by atoms with E-state index in [0.29, 0.717) is 0 Å². The number of fused-ring (bicyclic) bond motifs is 2. The molecule has 1 amide bonds. The van der Waals surface area contributed by atoms with Crippen LogP contribution in [0.4, 0.5) is 13.6 Å². The van der Waals surface area contributed by atoms with Crippen LogP contribution in [0.3, 0.4) is 0 Å². The van der Waals surface area contributed by atoms with Gasteiger partial charge in [-0.15, -0.1) is 0 Å². The van der Waals surface area contributed by atoms with Crippen LogP contribution >= 0.6 is 0 Å². The summed E-state index contributed by atoms with van der Waals surface area (Å²) in [7, 11) is 0. The van der Waals surface area contributed by atoms with Crippen molar-refractivity contribution in [2.45, 2.75) is 32.3 Å². The number of carbonyl (C=O) groups is 2. The number of hydrogen-bond donors (Lipinski definition) is 1. The first-order chi connectivity index (χ1) is 9.49. The topological polar surface area (TPSA) is 76.1 Å². The molecule has 0 aromatic rings. The molecule has 21 heavy (non-hydrogen) atoms. The van der Waals surface area contributed by atoms with Crippen molar-refractivity contribution >= 4 is 12.1 Å². The molecule has 2 bridgehead atoms. The lowest BCUT2D eigenvalue weighted by atomic mass is 9.70. The molecule has 2 aliphatic heterocycles. The number of amides is 1. The summed E-state index contributed by atoms with van der Waals surface area (Å²) in [6.45, 7) is 3.16. The second-order valence-corrected chi connectivity index (χ2v) is 6.58. The van der Waals surface area contributed by atoms with Crippen LogP contribution in [0.25, 0.3) is 0 Å². The fourth-order valence-electron chi connectivity index (χ4n) is 2.68. The second kappa shape index (κ2) is 4.79. The Morgan fingerprint density at radius 3 is 2.52 bits per heavy atom. The van der Waals surface area contributed by atoms with Gasteiger partial charge in [-0.25, -0.2) is 13.6 Å². The van der Waals surface area contributed by atoms with E-state index in [4.69, 9.17) is 9.47 Å². The van der Waals surface area contributed by atoms with Crippen LogP contribution in [0, 0.1) is 11.3 Å². The zero-order valence-corrected chi connectivity index (χ0v) is 12.2. The first kappa shape index (κ1) is 15.9. The third-order valence-electron chi connectivity index (χ3n) is 3.78. The third kappa shape index (κ3) is 2.56. The maximum atomic E-state index is 14.4.